The number of anilines is 1. The third-order valence-corrected chi connectivity index (χ3v) is 9.08. The van der Waals surface area contributed by atoms with E-state index in [4.69, 9.17) is 20.1 Å². The smallest absolute Gasteiger partial charge is 0.475 e. The molecule has 2 aromatic carbocycles. The van der Waals surface area contributed by atoms with Crippen molar-refractivity contribution >= 4 is 50.4 Å². The Bertz CT molecular complexity index is 1870. The fraction of sp³-hybridized carbons (Fsp3) is 0.406. The lowest BCUT2D eigenvalue weighted by Crippen LogP contribution is -2.53. The van der Waals surface area contributed by atoms with Crippen molar-refractivity contribution in [3.8, 4) is 0 Å². The molecule has 0 radical (unpaired) electrons. The lowest BCUT2D eigenvalue weighted by Gasteiger charge is -2.26. The Morgan fingerprint density at radius 3 is 2.34 bits per heavy atom. The number of carboxylic acids is 1. The van der Waals surface area contributed by atoms with Crippen LogP contribution in [-0.4, -0.2) is 80.0 Å². The van der Waals surface area contributed by atoms with Crippen LogP contribution in [0.3, 0.4) is 0 Å². The van der Waals surface area contributed by atoms with Crippen molar-refractivity contribution in [2.24, 2.45) is 5.73 Å². The number of amides is 3. The van der Waals surface area contributed by atoms with E-state index in [1.807, 2.05) is 6.92 Å². The van der Waals surface area contributed by atoms with Crippen molar-refractivity contribution in [2.75, 3.05) is 25.0 Å². The number of benzene rings is 2. The average molecular weight is 726 g/mol. The van der Waals surface area contributed by atoms with E-state index in [9.17, 15) is 40.8 Å². The Hall–Kier alpha value is -4.81. The number of fused-ring (bicyclic) bond motifs is 1. The summed E-state index contributed by atoms with van der Waals surface area (Å²) in [6.07, 6.45) is -2.61. The van der Waals surface area contributed by atoms with E-state index >= 15 is 0 Å². The lowest BCUT2D eigenvalue weighted by atomic mass is 10.1. The number of halogens is 3. The fourth-order valence-electron chi connectivity index (χ4n) is 5.06. The molecule has 1 fully saturated rings. The summed E-state index contributed by atoms with van der Waals surface area (Å²) in [6, 6.07) is 10.8. The fourth-order valence-corrected chi connectivity index (χ4v) is 6.03. The van der Waals surface area contributed by atoms with Gasteiger partial charge in [-0.25, -0.2) is 22.7 Å². The van der Waals surface area contributed by atoms with Crippen LogP contribution in [0.1, 0.15) is 43.2 Å². The monoisotopic (exact) mass is 725 g/mol. The number of hydrogen-bond donors (Lipinski definition) is 5. The van der Waals surface area contributed by atoms with Crippen LogP contribution >= 0.6 is 0 Å². The predicted octanol–water partition coefficient (Wildman–Crippen LogP) is 2.56. The number of sulfonamides is 1. The van der Waals surface area contributed by atoms with E-state index in [1.54, 1.807) is 37.3 Å². The first-order chi connectivity index (χ1) is 23.4. The standard InChI is InChI=1S/C30H37N5O7S.C2HF3O2/c1-19-8-11-22(12-9-19)43(40,41)32-18-27(36)35-15-5-7-25(35)30(39)34-24(6-3-4-14-31)29(38)33-21-10-13-23-20(2)16-28(37)42-26(23)17-21;3-2(4,5)1(6)7/h8-13,16-17,24-25,32H,3-7,14-15,18,31H2,1-2H3,(H,33,38)(H,34,39);(H,6,7)/t24-,25-;/m0./s1. The van der Waals surface area contributed by atoms with Crippen LogP contribution in [-0.2, 0) is 29.2 Å². The normalized spacial score (nSPS) is 15.2. The number of nitrogens with zero attached hydrogens (tertiary/aromatic N) is 1. The molecule has 3 amide bonds. The van der Waals surface area contributed by atoms with E-state index < -0.39 is 64.1 Å². The van der Waals surface area contributed by atoms with Gasteiger partial charge in [0.05, 0.1) is 11.4 Å². The summed E-state index contributed by atoms with van der Waals surface area (Å²) in [5, 5.41) is 13.4. The maximum atomic E-state index is 13.4. The molecule has 1 aliphatic heterocycles. The highest BCUT2D eigenvalue weighted by atomic mass is 32.2. The Kier molecular flexibility index (Phi) is 13.6. The molecular weight excluding hydrogens is 687 g/mol. The Morgan fingerprint density at radius 1 is 1.06 bits per heavy atom. The summed E-state index contributed by atoms with van der Waals surface area (Å²) < 4.78 is 64.6. The quantitative estimate of drug-likeness (QED) is 0.136. The Labute approximate surface area is 285 Å². The number of nitrogens with one attached hydrogen (secondary N) is 3. The van der Waals surface area contributed by atoms with Gasteiger partial charge in [0.1, 0.15) is 17.7 Å². The van der Waals surface area contributed by atoms with Crippen molar-refractivity contribution in [2.45, 2.75) is 69.1 Å². The number of aryl methyl sites for hydroxylation is 2. The minimum Gasteiger partial charge on any atom is -0.475 e. The molecule has 18 heteroatoms. The van der Waals surface area contributed by atoms with Crippen LogP contribution in [0.5, 0.6) is 0 Å². The molecular formula is C32H38F3N5O9S. The highest BCUT2D eigenvalue weighted by Gasteiger charge is 2.38. The second kappa shape index (κ2) is 17.2. The average Bonchev–Trinajstić information content (AvgIpc) is 3.53. The summed E-state index contributed by atoms with van der Waals surface area (Å²) in [5.74, 6) is -4.26. The highest BCUT2D eigenvalue weighted by molar-refractivity contribution is 7.89. The zero-order valence-electron chi connectivity index (χ0n) is 27.2. The molecule has 0 aliphatic carbocycles. The van der Waals surface area contributed by atoms with Crippen LogP contribution < -0.4 is 26.7 Å². The summed E-state index contributed by atoms with van der Waals surface area (Å²) in [7, 11) is -3.92. The summed E-state index contributed by atoms with van der Waals surface area (Å²) in [4.78, 5) is 61.8. The van der Waals surface area contributed by atoms with Gasteiger partial charge in [-0.05, 0) is 82.3 Å². The molecule has 3 aromatic rings. The minimum atomic E-state index is -5.08. The maximum absolute atomic E-state index is 13.4. The SMILES string of the molecule is Cc1ccc(S(=O)(=O)NCC(=O)N2CCC[C@H]2C(=O)N[C@@H](CCCCN)C(=O)Nc2ccc3c(C)cc(=O)oc3c2)cc1.O=C(O)C(F)(F)F. The van der Waals surface area contributed by atoms with Gasteiger partial charge in [0.2, 0.25) is 27.7 Å². The van der Waals surface area contributed by atoms with Crippen LogP contribution in [0.15, 0.2) is 62.6 Å². The number of carboxylic acid groups (broad SMARTS) is 1. The number of rotatable bonds is 12. The molecule has 1 aliphatic rings. The first kappa shape index (κ1) is 39.6. The summed E-state index contributed by atoms with van der Waals surface area (Å²) in [6.45, 7) is 3.83. The van der Waals surface area contributed by atoms with Gasteiger partial charge in [-0.15, -0.1) is 0 Å². The van der Waals surface area contributed by atoms with E-state index in [0.717, 1.165) is 16.5 Å². The van der Waals surface area contributed by atoms with E-state index in [-0.39, 0.29) is 11.4 Å². The summed E-state index contributed by atoms with van der Waals surface area (Å²) >= 11 is 0. The number of aliphatic carboxylic acids is 1. The molecule has 0 bridgehead atoms. The third kappa shape index (κ3) is 11.1. The zero-order valence-corrected chi connectivity index (χ0v) is 28.0. The number of alkyl halides is 3. The largest absolute Gasteiger partial charge is 0.490 e. The number of carbonyl (C=O) groups excluding carboxylic acids is 3. The van der Waals surface area contributed by atoms with Crippen molar-refractivity contribution < 1.29 is 50.3 Å². The molecule has 4 rings (SSSR count). The topological polar surface area (TPSA) is 218 Å². The molecule has 1 aromatic heterocycles. The number of carbonyl (C=O) groups is 4. The molecule has 6 N–H and O–H groups in total. The maximum Gasteiger partial charge on any atom is 0.490 e. The molecule has 0 spiro atoms. The van der Waals surface area contributed by atoms with Gasteiger partial charge >= 0.3 is 17.8 Å². The van der Waals surface area contributed by atoms with Gasteiger partial charge in [-0.2, -0.15) is 13.2 Å². The molecule has 272 valence electrons. The molecule has 1 saturated heterocycles. The Morgan fingerprint density at radius 2 is 1.72 bits per heavy atom. The van der Waals surface area contributed by atoms with Gasteiger partial charge in [0, 0.05) is 29.8 Å². The first-order valence-electron chi connectivity index (χ1n) is 15.4. The van der Waals surface area contributed by atoms with Crippen molar-refractivity contribution in [3.63, 3.8) is 0 Å². The van der Waals surface area contributed by atoms with Gasteiger partial charge in [0.25, 0.3) is 0 Å². The van der Waals surface area contributed by atoms with E-state index in [0.29, 0.717) is 49.9 Å². The molecule has 2 heterocycles. The van der Waals surface area contributed by atoms with Crippen molar-refractivity contribution in [1.82, 2.24) is 14.9 Å². The van der Waals surface area contributed by atoms with Gasteiger partial charge in [-0.3, -0.25) is 14.4 Å². The van der Waals surface area contributed by atoms with Crippen LogP contribution in [0.2, 0.25) is 0 Å². The van der Waals surface area contributed by atoms with Crippen LogP contribution in [0, 0.1) is 13.8 Å². The third-order valence-electron chi connectivity index (χ3n) is 7.66. The second-order valence-electron chi connectivity index (χ2n) is 11.5. The number of unbranched alkanes of at least 4 members (excludes halogenated alkanes) is 1. The Balaban J connectivity index is 0.000000872. The molecule has 0 saturated carbocycles. The van der Waals surface area contributed by atoms with Crippen LogP contribution in [0.4, 0.5) is 18.9 Å². The van der Waals surface area contributed by atoms with Gasteiger partial charge in [0.15, 0.2) is 0 Å². The number of hydrogen-bond acceptors (Lipinski definition) is 9. The first-order valence-corrected chi connectivity index (χ1v) is 16.9. The van der Waals surface area contributed by atoms with Crippen molar-refractivity contribution in [3.05, 3.63) is 70.1 Å². The molecule has 50 heavy (non-hydrogen) atoms. The van der Waals surface area contributed by atoms with E-state index in [2.05, 4.69) is 15.4 Å². The van der Waals surface area contributed by atoms with Crippen molar-refractivity contribution in [1.29, 1.82) is 0 Å². The number of nitrogens with two attached hydrogens (primary N) is 1. The second-order valence-corrected chi connectivity index (χ2v) is 13.2. The van der Waals surface area contributed by atoms with Gasteiger partial charge < -0.3 is 30.8 Å². The highest BCUT2D eigenvalue weighted by Crippen LogP contribution is 2.22. The van der Waals surface area contributed by atoms with Crippen LogP contribution in [0.25, 0.3) is 11.0 Å². The molecule has 14 nitrogen and oxygen atoms in total. The van der Waals surface area contributed by atoms with Gasteiger partial charge in [-0.1, -0.05) is 17.7 Å². The predicted molar refractivity (Wildman–Crippen MR) is 175 cm³/mol. The number of likely N-dealkylation sites (tertiary alicyclic amines) is 1. The summed E-state index contributed by atoms with van der Waals surface area (Å²) in [5.41, 5.74) is 7.49. The lowest BCUT2D eigenvalue weighted by molar-refractivity contribution is -0.192. The molecule has 0 unspecified atom stereocenters. The van der Waals surface area contributed by atoms with E-state index in [1.165, 1.54) is 23.1 Å². The zero-order chi connectivity index (χ0) is 37.2. The molecule has 2 atom stereocenters. The minimum absolute atomic E-state index is 0.0386.